The zero-order valence-corrected chi connectivity index (χ0v) is 10.0. The molecule has 0 unspecified atom stereocenters. The molecule has 0 bridgehead atoms. The summed E-state index contributed by atoms with van der Waals surface area (Å²) >= 11 is 0. The predicted molar refractivity (Wildman–Crippen MR) is 66.5 cm³/mol. The molecule has 17 heavy (non-hydrogen) atoms. The van der Waals surface area contributed by atoms with Crippen LogP contribution in [0.5, 0.6) is 0 Å². The molecule has 0 radical (unpaired) electrons. The van der Waals surface area contributed by atoms with Crippen LogP contribution in [0.15, 0.2) is 6.33 Å². The van der Waals surface area contributed by atoms with E-state index in [1.54, 1.807) is 0 Å². The number of nitrogens with one attached hydrogen (secondary N) is 1. The van der Waals surface area contributed by atoms with Crippen molar-refractivity contribution in [3.8, 4) is 0 Å². The molecule has 2 aromatic rings. The number of hydrogen-bond donors (Lipinski definition) is 2. The van der Waals surface area contributed by atoms with Gasteiger partial charge in [0.05, 0.1) is 0 Å². The van der Waals surface area contributed by atoms with Crippen molar-refractivity contribution in [3.05, 3.63) is 12.2 Å². The van der Waals surface area contributed by atoms with Gasteiger partial charge in [-0.3, -0.25) is 0 Å². The minimum atomic E-state index is 0.144. The average molecular weight is 231 g/mol. The monoisotopic (exact) mass is 231 g/mol. The van der Waals surface area contributed by atoms with E-state index in [1.165, 1.54) is 38.4 Å². The number of fused-ring (bicyclic) bond motifs is 1. The molecule has 1 aliphatic rings. The third kappa shape index (κ3) is 1.66. The maximum absolute atomic E-state index is 5.82. The zero-order valence-electron chi connectivity index (χ0n) is 10.0. The maximum Gasteiger partial charge on any atom is 0.183 e. The lowest BCUT2D eigenvalue weighted by molar-refractivity contribution is 0.306. The highest BCUT2D eigenvalue weighted by Gasteiger charge is 2.32. The van der Waals surface area contributed by atoms with Gasteiger partial charge in [0, 0.05) is 5.41 Å². The third-order valence-electron chi connectivity index (χ3n) is 3.85. The molecule has 0 aromatic carbocycles. The van der Waals surface area contributed by atoms with E-state index in [-0.39, 0.29) is 5.41 Å². The van der Waals surface area contributed by atoms with Crippen LogP contribution in [0.3, 0.4) is 0 Å². The fourth-order valence-corrected chi connectivity index (χ4v) is 2.70. The lowest BCUT2D eigenvalue weighted by Crippen LogP contribution is -2.26. The van der Waals surface area contributed by atoms with Crippen molar-refractivity contribution in [2.75, 3.05) is 5.73 Å². The number of aromatic nitrogens is 4. The number of nitrogens with zero attached hydrogens (tertiary/aromatic N) is 3. The fourth-order valence-electron chi connectivity index (χ4n) is 2.70. The Morgan fingerprint density at radius 1 is 1.24 bits per heavy atom. The van der Waals surface area contributed by atoms with Gasteiger partial charge in [-0.2, -0.15) is 0 Å². The van der Waals surface area contributed by atoms with Crippen molar-refractivity contribution in [1.29, 1.82) is 0 Å². The van der Waals surface area contributed by atoms with Crippen LogP contribution in [0.2, 0.25) is 0 Å². The first kappa shape index (κ1) is 10.5. The van der Waals surface area contributed by atoms with Crippen LogP contribution in [0.1, 0.15) is 44.9 Å². The molecule has 3 N–H and O–H groups in total. The van der Waals surface area contributed by atoms with Crippen LogP contribution in [0.25, 0.3) is 11.2 Å². The highest BCUT2D eigenvalue weighted by molar-refractivity contribution is 5.81. The lowest BCUT2D eigenvalue weighted by Gasteiger charge is -2.31. The number of anilines is 1. The standard InChI is InChI=1S/C12H17N5/c1-12(5-3-2-4-6-12)11-16-8-9(13)14-7-15-10(8)17-11/h7H,2-6H2,1H3,(H3,13,14,15,16,17). The summed E-state index contributed by atoms with van der Waals surface area (Å²) in [5, 5.41) is 0. The van der Waals surface area contributed by atoms with Gasteiger partial charge in [0.1, 0.15) is 17.7 Å². The van der Waals surface area contributed by atoms with Gasteiger partial charge < -0.3 is 10.7 Å². The first-order valence-corrected chi connectivity index (χ1v) is 6.16. The van der Waals surface area contributed by atoms with Gasteiger partial charge in [0.25, 0.3) is 0 Å². The molecule has 0 saturated heterocycles. The van der Waals surface area contributed by atoms with Gasteiger partial charge in [0.2, 0.25) is 0 Å². The molecule has 0 spiro atoms. The lowest BCUT2D eigenvalue weighted by atomic mass is 9.75. The van der Waals surface area contributed by atoms with Crippen molar-refractivity contribution < 1.29 is 0 Å². The SMILES string of the molecule is CC1(c2nc3ncnc(N)c3[nH]2)CCCCC1. The maximum atomic E-state index is 5.82. The number of nitrogens with two attached hydrogens (primary N) is 1. The number of imidazole rings is 1. The molecule has 0 aliphatic heterocycles. The van der Waals surface area contributed by atoms with E-state index in [1.807, 2.05) is 0 Å². The minimum Gasteiger partial charge on any atom is -0.382 e. The summed E-state index contributed by atoms with van der Waals surface area (Å²) < 4.78 is 0. The van der Waals surface area contributed by atoms with Crippen LogP contribution in [-0.4, -0.2) is 19.9 Å². The summed E-state index contributed by atoms with van der Waals surface area (Å²) in [7, 11) is 0. The fraction of sp³-hybridized carbons (Fsp3) is 0.583. The molecule has 1 aliphatic carbocycles. The van der Waals surface area contributed by atoms with E-state index < -0.39 is 0 Å². The summed E-state index contributed by atoms with van der Waals surface area (Å²) in [5.41, 5.74) is 7.42. The number of aromatic amines is 1. The molecule has 90 valence electrons. The number of rotatable bonds is 1. The van der Waals surface area contributed by atoms with Crippen LogP contribution in [0.4, 0.5) is 5.82 Å². The Labute approximate surface area is 99.9 Å². The van der Waals surface area contributed by atoms with Crippen LogP contribution in [0, 0.1) is 0 Å². The Hall–Kier alpha value is -1.65. The number of hydrogen-bond acceptors (Lipinski definition) is 4. The van der Waals surface area contributed by atoms with Crippen molar-refractivity contribution in [2.24, 2.45) is 0 Å². The molecule has 3 rings (SSSR count). The molecule has 1 fully saturated rings. The first-order chi connectivity index (χ1) is 8.19. The van der Waals surface area contributed by atoms with Crippen LogP contribution in [-0.2, 0) is 5.41 Å². The molecular formula is C12H17N5. The van der Waals surface area contributed by atoms with Gasteiger partial charge in [-0.25, -0.2) is 15.0 Å². The predicted octanol–water partition coefficient (Wildman–Crippen LogP) is 2.16. The van der Waals surface area contributed by atoms with Crippen molar-refractivity contribution in [2.45, 2.75) is 44.4 Å². The number of nitrogen functional groups attached to an aromatic ring is 1. The largest absolute Gasteiger partial charge is 0.382 e. The molecule has 0 atom stereocenters. The normalized spacial score (nSPS) is 19.6. The third-order valence-corrected chi connectivity index (χ3v) is 3.85. The van der Waals surface area contributed by atoms with Crippen molar-refractivity contribution in [3.63, 3.8) is 0 Å². The molecular weight excluding hydrogens is 214 g/mol. The molecule has 2 heterocycles. The molecule has 1 saturated carbocycles. The summed E-state index contributed by atoms with van der Waals surface area (Å²) in [4.78, 5) is 16.0. The second-order valence-electron chi connectivity index (χ2n) is 5.16. The van der Waals surface area contributed by atoms with Gasteiger partial charge in [-0.15, -0.1) is 0 Å². The first-order valence-electron chi connectivity index (χ1n) is 6.16. The topological polar surface area (TPSA) is 80.5 Å². The molecule has 0 amide bonds. The van der Waals surface area contributed by atoms with Crippen molar-refractivity contribution in [1.82, 2.24) is 19.9 Å². The smallest absolute Gasteiger partial charge is 0.183 e. The molecule has 2 aromatic heterocycles. The van der Waals surface area contributed by atoms with E-state index in [9.17, 15) is 0 Å². The Morgan fingerprint density at radius 3 is 2.71 bits per heavy atom. The zero-order chi connectivity index (χ0) is 11.9. The Morgan fingerprint density at radius 2 is 2.00 bits per heavy atom. The summed E-state index contributed by atoms with van der Waals surface area (Å²) in [6, 6.07) is 0. The summed E-state index contributed by atoms with van der Waals surface area (Å²) in [6.07, 6.45) is 7.70. The quantitative estimate of drug-likeness (QED) is 0.788. The summed E-state index contributed by atoms with van der Waals surface area (Å²) in [5.74, 6) is 1.49. The van der Waals surface area contributed by atoms with Gasteiger partial charge in [-0.05, 0) is 12.8 Å². The Balaban J connectivity index is 2.08. The van der Waals surface area contributed by atoms with E-state index in [0.29, 0.717) is 11.5 Å². The van der Waals surface area contributed by atoms with Crippen LogP contribution >= 0.6 is 0 Å². The van der Waals surface area contributed by atoms with E-state index in [2.05, 4.69) is 26.9 Å². The molecule has 5 heteroatoms. The van der Waals surface area contributed by atoms with E-state index >= 15 is 0 Å². The highest BCUT2D eigenvalue weighted by atomic mass is 15.1. The van der Waals surface area contributed by atoms with Gasteiger partial charge in [-0.1, -0.05) is 26.2 Å². The second kappa shape index (κ2) is 3.68. The summed E-state index contributed by atoms with van der Waals surface area (Å²) in [6.45, 7) is 2.27. The Bertz CT molecular complexity index is 539. The van der Waals surface area contributed by atoms with Crippen LogP contribution < -0.4 is 5.73 Å². The van der Waals surface area contributed by atoms with Gasteiger partial charge >= 0.3 is 0 Å². The van der Waals surface area contributed by atoms with Crippen molar-refractivity contribution >= 4 is 17.0 Å². The second-order valence-corrected chi connectivity index (χ2v) is 5.16. The highest BCUT2D eigenvalue weighted by Crippen LogP contribution is 2.38. The van der Waals surface area contributed by atoms with E-state index in [0.717, 1.165) is 11.3 Å². The Kier molecular flexibility index (Phi) is 2.28. The average Bonchev–Trinajstić information content (AvgIpc) is 2.76. The van der Waals surface area contributed by atoms with Gasteiger partial charge in [0.15, 0.2) is 11.5 Å². The minimum absolute atomic E-state index is 0.144. The van der Waals surface area contributed by atoms with E-state index in [4.69, 9.17) is 5.73 Å². The number of H-pyrrole nitrogens is 1. The molecule has 5 nitrogen and oxygen atoms in total.